The summed E-state index contributed by atoms with van der Waals surface area (Å²) in [5, 5.41) is 11.2. The normalized spacial score (nSPS) is 9.58. The van der Waals surface area contributed by atoms with Gasteiger partial charge < -0.3 is 14.8 Å². The number of carbonyl (C=O) groups excluding carboxylic acids is 1. The minimum Gasteiger partial charge on any atom is -0.438 e. The third-order valence-electron chi connectivity index (χ3n) is 2.24. The average Bonchev–Trinajstić information content (AvgIpc) is 2.83. The fourth-order valence-electron chi connectivity index (χ4n) is 1.40. The van der Waals surface area contributed by atoms with Crippen molar-refractivity contribution in [3.05, 3.63) is 41.7 Å². The number of aryl methyl sites for hydroxylation is 1. The summed E-state index contributed by atoms with van der Waals surface area (Å²) in [6.07, 6.45) is 1.21. The average molecular weight is 257 g/mol. The first-order chi connectivity index (χ1) is 9.20. The molecule has 0 radical (unpaired) electrons. The van der Waals surface area contributed by atoms with Crippen LogP contribution in [0.5, 0.6) is 0 Å². The Labute approximate surface area is 109 Å². The van der Waals surface area contributed by atoms with Crippen molar-refractivity contribution < 1.29 is 14.3 Å². The summed E-state index contributed by atoms with van der Waals surface area (Å²) < 4.78 is 4.98. The standard InChI is InChI=1S/C13H11N3O3/c1-9-12(19-8-14-9)13(18)16-11-6-2-4-10(15-11)5-3-7-17/h2,4,6,8,17H,7H2,1H3,(H,15,16,18). The summed E-state index contributed by atoms with van der Waals surface area (Å²) >= 11 is 0. The molecule has 0 aliphatic rings. The first kappa shape index (κ1) is 12.8. The SMILES string of the molecule is Cc1ncoc1C(=O)Nc1cccc(C#CCO)n1. The van der Waals surface area contributed by atoms with E-state index in [0.29, 0.717) is 17.2 Å². The molecule has 0 saturated heterocycles. The van der Waals surface area contributed by atoms with E-state index in [4.69, 9.17) is 9.52 Å². The minimum absolute atomic E-state index is 0.147. The van der Waals surface area contributed by atoms with E-state index in [9.17, 15) is 4.79 Å². The zero-order valence-corrected chi connectivity index (χ0v) is 10.2. The van der Waals surface area contributed by atoms with Crippen molar-refractivity contribution >= 4 is 11.7 Å². The van der Waals surface area contributed by atoms with E-state index in [1.165, 1.54) is 6.39 Å². The number of rotatable bonds is 2. The van der Waals surface area contributed by atoms with Crippen LogP contribution in [0, 0.1) is 18.8 Å². The third-order valence-corrected chi connectivity index (χ3v) is 2.24. The number of aliphatic hydroxyl groups is 1. The predicted molar refractivity (Wildman–Crippen MR) is 67.4 cm³/mol. The molecular weight excluding hydrogens is 246 g/mol. The molecule has 0 bridgehead atoms. The molecule has 0 spiro atoms. The van der Waals surface area contributed by atoms with Gasteiger partial charge in [0, 0.05) is 0 Å². The number of nitrogens with zero attached hydrogens (tertiary/aromatic N) is 2. The highest BCUT2D eigenvalue weighted by Gasteiger charge is 2.14. The summed E-state index contributed by atoms with van der Waals surface area (Å²) in [6, 6.07) is 5.02. The van der Waals surface area contributed by atoms with Gasteiger partial charge in [-0.3, -0.25) is 4.79 Å². The molecule has 2 heterocycles. The Morgan fingerprint density at radius 1 is 1.53 bits per heavy atom. The van der Waals surface area contributed by atoms with Crippen LogP contribution in [0.3, 0.4) is 0 Å². The molecule has 96 valence electrons. The smallest absolute Gasteiger partial charge is 0.294 e. The van der Waals surface area contributed by atoms with E-state index in [1.807, 2.05) is 0 Å². The molecule has 19 heavy (non-hydrogen) atoms. The number of hydrogen-bond donors (Lipinski definition) is 2. The lowest BCUT2D eigenvalue weighted by molar-refractivity contribution is 0.0995. The number of amides is 1. The zero-order chi connectivity index (χ0) is 13.7. The van der Waals surface area contributed by atoms with Crippen LogP contribution in [0.15, 0.2) is 29.0 Å². The molecule has 0 fully saturated rings. The Morgan fingerprint density at radius 2 is 2.37 bits per heavy atom. The molecule has 0 atom stereocenters. The number of aromatic nitrogens is 2. The first-order valence-corrected chi connectivity index (χ1v) is 5.49. The van der Waals surface area contributed by atoms with Gasteiger partial charge in [-0.1, -0.05) is 12.0 Å². The maximum atomic E-state index is 11.9. The van der Waals surface area contributed by atoms with E-state index in [-0.39, 0.29) is 12.4 Å². The van der Waals surface area contributed by atoms with E-state index in [1.54, 1.807) is 25.1 Å². The lowest BCUT2D eigenvalue weighted by atomic mass is 10.3. The third kappa shape index (κ3) is 3.18. The number of hydrogen-bond acceptors (Lipinski definition) is 5. The molecule has 2 rings (SSSR count). The van der Waals surface area contributed by atoms with Gasteiger partial charge in [0.2, 0.25) is 5.76 Å². The van der Waals surface area contributed by atoms with Crippen molar-refractivity contribution in [1.29, 1.82) is 0 Å². The molecule has 2 aromatic heterocycles. The highest BCUT2D eigenvalue weighted by Crippen LogP contribution is 2.09. The Bertz CT molecular complexity index is 652. The molecular formula is C13H11N3O3. The van der Waals surface area contributed by atoms with Crippen LogP contribution in [0.2, 0.25) is 0 Å². The maximum absolute atomic E-state index is 11.9. The second-order valence-corrected chi connectivity index (χ2v) is 3.59. The van der Waals surface area contributed by atoms with Crippen molar-refractivity contribution in [2.75, 3.05) is 11.9 Å². The fraction of sp³-hybridized carbons (Fsp3) is 0.154. The van der Waals surface area contributed by atoms with Gasteiger partial charge in [-0.15, -0.1) is 0 Å². The number of anilines is 1. The summed E-state index contributed by atoms with van der Waals surface area (Å²) in [7, 11) is 0. The van der Waals surface area contributed by atoms with Crippen molar-refractivity contribution in [2.24, 2.45) is 0 Å². The molecule has 0 unspecified atom stereocenters. The van der Waals surface area contributed by atoms with Crippen LogP contribution < -0.4 is 5.32 Å². The molecule has 6 nitrogen and oxygen atoms in total. The van der Waals surface area contributed by atoms with Crippen molar-refractivity contribution in [3.8, 4) is 11.8 Å². The van der Waals surface area contributed by atoms with E-state index < -0.39 is 5.91 Å². The lowest BCUT2D eigenvalue weighted by Crippen LogP contribution is -2.13. The monoisotopic (exact) mass is 257 g/mol. The Hall–Kier alpha value is -2.65. The van der Waals surface area contributed by atoms with E-state index in [2.05, 4.69) is 27.1 Å². The van der Waals surface area contributed by atoms with Crippen molar-refractivity contribution in [3.63, 3.8) is 0 Å². The van der Waals surface area contributed by atoms with Crippen LogP contribution >= 0.6 is 0 Å². The number of nitrogens with one attached hydrogen (secondary N) is 1. The quantitative estimate of drug-likeness (QED) is 0.783. The number of pyridine rings is 1. The molecule has 0 saturated carbocycles. The topological polar surface area (TPSA) is 88.2 Å². The molecule has 1 amide bonds. The lowest BCUT2D eigenvalue weighted by Gasteiger charge is -2.02. The molecule has 0 aliphatic carbocycles. The van der Waals surface area contributed by atoms with Crippen LogP contribution in [0.25, 0.3) is 0 Å². The Balaban J connectivity index is 2.15. The van der Waals surface area contributed by atoms with Gasteiger partial charge in [0.1, 0.15) is 18.1 Å². The largest absolute Gasteiger partial charge is 0.438 e. The zero-order valence-electron chi connectivity index (χ0n) is 10.2. The molecule has 6 heteroatoms. The molecule has 2 aromatic rings. The fourth-order valence-corrected chi connectivity index (χ4v) is 1.40. The van der Waals surface area contributed by atoms with Crippen molar-refractivity contribution in [1.82, 2.24) is 9.97 Å². The molecule has 0 aliphatic heterocycles. The second kappa shape index (κ2) is 5.80. The van der Waals surface area contributed by atoms with Gasteiger partial charge in [0.05, 0.1) is 5.69 Å². The minimum atomic E-state index is -0.422. The predicted octanol–water partition coefficient (Wildman–Crippen LogP) is 0.974. The molecule has 2 N–H and O–H groups in total. The highest BCUT2D eigenvalue weighted by atomic mass is 16.3. The van der Waals surface area contributed by atoms with E-state index >= 15 is 0 Å². The van der Waals surface area contributed by atoms with Crippen LogP contribution in [-0.2, 0) is 0 Å². The summed E-state index contributed by atoms with van der Waals surface area (Å²) in [5.74, 6) is 5.22. The van der Waals surface area contributed by atoms with Gasteiger partial charge in [-0.2, -0.15) is 0 Å². The molecule has 0 aromatic carbocycles. The van der Waals surface area contributed by atoms with Crippen LogP contribution in [0.1, 0.15) is 21.9 Å². The highest BCUT2D eigenvalue weighted by molar-refractivity contribution is 6.02. The van der Waals surface area contributed by atoms with Gasteiger partial charge in [-0.25, -0.2) is 9.97 Å². The number of oxazole rings is 1. The summed E-state index contributed by atoms with van der Waals surface area (Å²) in [5.41, 5.74) is 0.967. The van der Waals surface area contributed by atoms with Gasteiger partial charge >= 0.3 is 0 Å². The van der Waals surface area contributed by atoms with Gasteiger partial charge in [0.25, 0.3) is 5.91 Å². The number of aliphatic hydroxyl groups excluding tert-OH is 1. The maximum Gasteiger partial charge on any atom is 0.294 e. The summed E-state index contributed by atoms with van der Waals surface area (Å²) in [6.45, 7) is 1.44. The van der Waals surface area contributed by atoms with Crippen LogP contribution in [0.4, 0.5) is 5.82 Å². The van der Waals surface area contributed by atoms with E-state index in [0.717, 1.165) is 0 Å². The summed E-state index contributed by atoms with van der Waals surface area (Å²) in [4.78, 5) is 19.8. The van der Waals surface area contributed by atoms with Gasteiger partial charge in [-0.05, 0) is 25.0 Å². The van der Waals surface area contributed by atoms with Crippen LogP contribution in [-0.4, -0.2) is 27.6 Å². The second-order valence-electron chi connectivity index (χ2n) is 3.59. The Morgan fingerprint density at radius 3 is 3.05 bits per heavy atom. The Kier molecular flexibility index (Phi) is 3.90. The van der Waals surface area contributed by atoms with Gasteiger partial charge in [0.15, 0.2) is 6.39 Å². The van der Waals surface area contributed by atoms with Crippen molar-refractivity contribution in [2.45, 2.75) is 6.92 Å². The first-order valence-electron chi connectivity index (χ1n) is 5.49. The number of carbonyl (C=O) groups is 1.